The molecule has 0 radical (unpaired) electrons. The molecule has 0 saturated carbocycles. The molecular weight excluding hydrogens is 369 g/mol. The first-order chi connectivity index (χ1) is 10.2. The fourth-order valence-electron chi connectivity index (χ4n) is 2.74. The molecule has 1 nitrogen and oxygen atoms in total. The number of benzene rings is 1. The first-order valence-corrected chi connectivity index (χ1v) is 9.80. The van der Waals surface area contributed by atoms with Gasteiger partial charge in [0, 0.05) is 9.61 Å². The lowest BCUT2D eigenvalue weighted by molar-refractivity contribution is 0.522. The molecule has 0 heterocycles. The van der Waals surface area contributed by atoms with Crippen LogP contribution in [0.4, 0.5) is 0 Å². The molecule has 0 fully saturated rings. The summed E-state index contributed by atoms with van der Waals surface area (Å²) < 4.78 is 1.30. The Morgan fingerprint density at radius 2 is 1.38 bits per heavy atom. The van der Waals surface area contributed by atoms with Crippen LogP contribution in [0.2, 0.25) is 0 Å². The van der Waals surface area contributed by atoms with Crippen molar-refractivity contribution in [3.63, 3.8) is 0 Å². The molecule has 1 atom stereocenters. The van der Waals surface area contributed by atoms with E-state index in [0.29, 0.717) is 6.04 Å². The third-order valence-electron chi connectivity index (χ3n) is 4.09. The molecule has 2 N–H and O–H groups in total. The number of hydrogen-bond donors (Lipinski definition) is 1. The molecule has 1 aromatic carbocycles. The van der Waals surface area contributed by atoms with Gasteiger partial charge in [-0.25, -0.2) is 0 Å². The van der Waals surface area contributed by atoms with Gasteiger partial charge in [-0.2, -0.15) is 0 Å². The van der Waals surface area contributed by atoms with Crippen molar-refractivity contribution in [3.05, 3.63) is 33.4 Å². The number of hydrogen-bond acceptors (Lipinski definition) is 1. The minimum Gasteiger partial charge on any atom is -0.327 e. The van der Waals surface area contributed by atoms with E-state index in [2.05, 4.69) is 53.8 Å². The Kier molecular flexibility index (Phi) is 11.2. The minimum atomic E-state index is 0.328. The van der Waals surface area contributed by atoms with Crippen LogP contribution in [-0.4, -0.2) is 6.04 Å². The van der Waals surface area contributed by atoms with Crippen molar-refractivity contribution in [2.24, 2.45) is 5.73 Å². The summed E-state index contributed by atoms with van der Waals surface area (Å²) in [6.45, 7) is 2.28. The Hall–Kier alpha value is -0.0900. The molecule has 21 heavy (non-hydrogen) atoms. The van der Waals surface area contributed by atoms with Crippen LogP contribution in [-0.2, 0) is 6.42 Å². The monoisotopic (exact) mass is 401 g/mol. The summed E-state index contributed by atoms with van der Waals surface area (Å²) in [4.78, 5) is 0. The lowest BCUT2D eigenvalue weighted by Crippen LogP contribution is -2.22. The molecule has 0 aliphatic carbocycles. The number of unbranched alkanes of at least 4 members (excludes halogenated alkanes) is 8. The SMILES string of the molecule is CCCCCCCCCCCC(N)Cc1ccc(I)cc1. The van der Waals surface area contributed by atoms with Gasteiger partial charge in [-0.05, 0) is 53.1 Å². The van der Waals surface area contributed by atoms with Gasteiger partial charge in [0.25, 0.3) is 0 Å². The Morgan fingerprint density at radius 1 is 0.857 bits per heavy atom. The van der Waals surface area contributed by atoms with Crippen LogP contribution in [0.25, 0.3) is 0 Å². The number of halogens is 1. The van der Waals surface area contributed by atoms with Gasteiger partial charge < -0.3 is 5.73 Å². The van der Waals surface area contributed by atoms with E-state index in [9.17, 15) is 0 Å². The number of nitrogens with two attached hydrogens (primary N) is 1. The zero-order chi connectivity index (χ0) is 15.3. The lowest BCUT2D eigenvalue weighted by atomic mass is 10.00. The van der Waals surface area contributed by atoms with Gasteiger partial charge in [-0.15, -0.1) is 0 Å². The van der Waals surface area contributed by atoms with Crippen molar-refractivity contribution < 1.29 is 0 Å². The van der Waals surface area contributed by atoms with Crippen LogP contribution in [0.5, 0.6) is 0 Å². The zero-order valence-corrected chi connectivity index (χ0v) is 15.8. The summed E-state index contributed by atoms with van der Waals surface area (Å²) in [6, 6.07) is 9.08. The van der Waals surface area contributed by atoms with Gasteiger partial charge >= 0.3 is 0 Å². The van der Waals surface area contributed by atoms with Gasteiger partial charge in [0.1, 0.15) is 0 Å². The fraction of sp³-hybridized carbons (Fsp3) is 0.684. The van der Waals surface area contributed by atoms with Crippen LogP contribution < -0.4 is 5.73 Å². The molecule has 0 amide bonds. The van der Waals surface area contributed by atoms with Crippen molar-refractivity contribution in [2.45, 2.75) is 83.6 Å². The second kappa shape index (κ2) is 12.5. The van der Waals surface area contributed by atoms with Gasteiger partial charge in [0.05, 0.1) is 0 Å². The predicted octanol–water partition coefficient (Wildman–Crippen LogP) is 6.08. The summed E-state index contributed by atoms with van der Waals surface area (Å²) in [5.41, 5.74) is 7.61. The highest BCUT2D eigenvalue weighted by molar-refractivity contribution is 14.1. The standard InChI is InChI=1S/C19H32IN/c1-2-3-4-5-6-7-8-9-10-11-19(21)16-17-12-14-18(20)15-13-17/h12-15,19H,2-11,16,21H2,1H3. The third-order valence-corrected chi connectivity index (χ3v) is 4.81. The van der Waals surface area contributed by atoms with E-state index in [1.54, 1.807) is 0 Å². The highest BCUT2D eigenvalue weighted by Gasteiger charge is 2.04. The van der Waals surface area contributed by atoms with E-state index in [-0.39, 0.29) is 0 Å². The molecule has 0 saturated heterocycles. The highest BCUT2D eigenvalue weighted by atomic mass is 127. The second-order valence-electron chi connectivity index (χ2n) is 6.21. The average molecular weight is 401 g/mol. The van der Waals surface area contributed by atoms with Gasteiger partial charge in [-0.1, -0.05) is 76.8 Å². The maximum absolute atomic E-state index is 6.24. The largest absolute Gasteiger partial charge is 0.327 e. The Morgan fingerprint density at radius 3 is 1.95 bits per heavy atom. The maximum atomic E-state index is 6.24. The topological polar surface area (TPSA) is 26.0 Å². The van der Waals surface area contributed by atoms with Crippen molar-refractivity contribution >= 4 is 22.6 Å². The highest BCUT2D eigenvalue weighted by Crippen LogP contribution is 2.13. The average Bonchev–Trinajstić information content (AvgIpc) is 2.48. The van der Waals surface area contributed by atoms with E-state index in [0.717, 1.165) is 6.42 Å². The first kappa shape index (κ1) is 19.0. The fourth-order valence-corrected chi connectivity index (χ4v) is 3.10. The molecule has 0 aliphatic heterocycles. The van der Waals surface area contributed by atoms with Crippen LogP contribution >= 0.6 is 22.6 Å². The molecule has 1 rings (SSSR count). The van der Waals surface area contributed by atoms with Crippen molar-refractivity contribution in [1.29, 1.82) is 0 Å². The third kappa shape index (κ3) is 10.3. The van der Waals surface area contributed by atoms with Crippen LogP contribution in [0.3, 0.4) is 0 Å². The molecule has 0 aliphatic rings. The van der Waals surface area contributed by atoms with E-state index in [1.807, 2.05) is 0 Å². The van der Waals surface area contributed by atoms with Crippen molar-refractivity contribution in [3.8, 4) is 0 Å². The van der Waals surface area contributed by atoms with E-state index >= 15 is 0 Å². The molecule has 1 aromatic rings. The summed E-state index contributed by atoms with van der Waals surface area (Å²) >= 11 is 2.34. The molecule has 0 bridgehead atoms. The van der Waals surface area contributed by atoms with Gasteiger partial charge in [0.2, 0.25) is 0 Å². The molecule has 2 heteroatoms. The normalized spacial score (nSPS) is 12.5. The first-order valence-electron chi connectivity index (χ1n) is 8.72. The van der Waals surface area contributed by atoms with Crippen LogP contribution in [0, 0.1) is 3.57 Å². The van der Waals surface area contributed by atoms with Gasteiger partial charge in [0.15, 0.2) is 0 Å². The van der Waals surface area contributed by atoms with E-state index in [1.165, 1.54) is 73.3 Å². The quantitative estimate of drug-likeness (QED) is 0.333. The molecule has 0 spiro atoms. The second-order valence-corrected chi connectivity index (χ2v) is 7.45. The predicted molar refractivity (Wildman–Crippen MR) is 103 cm³/mol. The number of rotatable bonds is 12. The molecular formula is C19H32IN. The maximum Gasteiger partial charge on any atom is 0.0130 e. The Bertz CT molecular complexity index is 347. The van der Waals surface area contributed by atoms with Crippen LogP contribution in [0.1, 0.15) is 76.7 Å². The summed E-state index contributed by atoms with van der Waals surface area (Å²) in [5, 5.41) is 0. The Labute approximate surface area is 145 Å². The summed E-state index contributed by atoms with van der Waals surface area (Å²) in [5.74, 6) is 0. The summed E-state index contributed by atoms with van der Waals surface area (Å²) in [7, 11) is 0. The van der Waals surface area contributed by atoms with Gasteiger partial charge in [-0.3, -0.25) is 0 Å². The smallest absolute Gasteiger partial charge is 0.0130 e. The van der Waals surface area contributed by atoms with Crippen molar-refractivity contribution in [2.75, 3.05) is 0 Å². The summed E-state index contributed by atoms with van der Waals surface area (Å²) in [6.07, 6.45) is 14.7. The molecule has 120 valence electrons. The minimum absolute atomic E-state index is 0.328. The lowest BCUT2D eigenvalue weighted by Gasteiger charge is -2.11. The van der Waals surface area contributed by atoms with E-state index in [4.69, 9.17) is 5.73 Å². The zero-order valence-electron chi connectivity index (χ0n) is 13.6. The van der Waals surface area contributed by atoms with Crippen LogP contribution in [0.15, 0.2) is 24.3 Å². The van der Waals surface area contributed by atoms with E-state index < -0.39 is 0 Å². The molecule has 1 unspecified atom stereocenters. The molecule has 0 aromatic heterocycles. The Balaban J connectivity index is 1.96. The van der Waals surface area contributed by atoms with Crippen molar-refractivity contribution in [1.82, 2.24) is 0 Å².